The van der Waals surface area contributed by atoms with Crippen LogP contribution in [0.15, 0.2) is 18.2 Å². The van der Waals surface area contributed by atoms with Crippen LogP contribution in [0.3, 0.4) is 0 Å². The average molecular weight is 328 g/mol. The number of benzene rings is 1. The summed E-state index contributed by atoms with van der Waals surface area (Å²) in [5.41, 5.74) is 4.45. The molecular weight excluding hydrogens is 296 g/mol. The van der Waals surface area contributed by atoms with Gasteiger partial charge >= 0.3 is 0 Å². The molecule has 2 heteroatoms. The van der Waals surface area contributed by atoms with Crippen LogP contribution in [0.1, 0.15) is 70.1 Å². The van der Waals surface area contributed by atoms with Gasteiger partial charge in [-0.2, -0.15) is 0 Å². The van der Waals surface area contributed by atoms with Crippen molar-refractivity contribution in [1.82, 2.24) is 0 Å². The monoisotopic (exact) mass is 328 g/mol. The third-order valence-electron chi connectivity index (χ3n) is 6.41. The highest BCUT2D eigenvalue weighted by molar-refractivity contribution is 5.61. The molecule has 0 amide bonds. The van der Waals surface area contributed by atoms with Crippen molar-refractivity contribution in [1.29, 1.82) is 0 Å². The number of rotatable bonds is 3. The zero-order chi connectivity index (χ0) is 17.7. The van der Waals surface area contributed by atoms with Gasteiger partial charge in [0, 0.05) is 16.5 Å². The quantitative estimate of drug-likeness (QED) is 0.669. The second-order valence-electron chi connectivity index (χ2n) is 8.66. The minimum Gasteiger partial charge on any atom is -0.493 e. The van der Waals surface area contributed by atoms with Crippen LogP contribution in [0, 0.1) is 11.3 Å². The molecule has 0 heterocycles. The van der Waals surface area contributed by atoms with Crippen molar-refractivity contribution < 1.29 is 9.47 Å². The molecule has 0 spiro atoms. The molecule has 0 fully saturated rings. The second-order valence-corrected chi connectivity index (χ2v) is 8.66. The standard InChI is InChI=1S/C22H32O2/c1-14(2)16-13-15-9-10-17-21(3,4)11-8-12-22(17,5)18(15)20(24-7)19(16)23-6/h8,11,13-14,17H,9-10,12H2,1-7H3/t17?,22-/m0/s1. The van der Waals surface area contributed by atoms with Crippen LogP contribution < -0.4 is 9.47 Å². The number of allylic oxidation sites excluding steroid dienone is 2. The molecule has 0 N–H and O–H groups in total. The number of aryl methyl sites for hydroxylation is 1. The van der Waals surface area contributed by atoms with Crippen LogP contribution in [0.2, 0.25) is 0 Å². The van der Waals surface area contributed by atoms with Crippen LogP contribution in [-0.4, -0.2) is 14.2 Å². The Kier molecular flexibility index (Phi) is 4.22. The van der Waals surface area contributed by atoms with Gasteiger partial charge in [0.05, 0.1) is 14.2 Å². The molecule has 0 saturated carbocycles. The number of hydrogen-bond acceptors (Lipinski definition) is 2. The fourth-order valence-electron chi connectivity index (χ4n) is 5.33. The van der Waals surface area contributed by atoms with E-state index in [0.717, 1.165) is 24.3 Å². The first-order valence-electron chi connectivity index (χ1n) is 9.22. The Labute approximate surface area is 147 Å². The van der Waals surface area contributed by atoms with Gasteiger partial charge in [0.25, 0.3) is 0 Å². The SMILES string of the molecule is COc1c(C(C)C)cc2c(c1OC)[C@@]1(C)CC=CC(C)(C)C1CC2. The number of ether oxygens (including phenoxy) is 2. The Morgan fingerprint density at radius 1 is 1.08 bits per heavy atom. The molecule has 0 aliphatic heterocycles. The van der Waals surface area contributed by atoms with E-state index >= 15 is 0 Å². The van der Waals surface area contributed by atoms with E-state index in [1.165, 1.54) is 23.1 Å². The molecule has 0 bridgehead atoms. The lowest BCUT2D eigenvalue weighted by molar-refractivity contribution is 0.122. The molecule has 2 atom stereocenters. The van der Waals surface area contributed by atoms with Gasteiger partial charge in [-0.3, -0.25) is 0 Å². The zero-order valence-electron chi connectivity index (χ0n) is 16.3. The lowest BCUT2D eigenvalue weighted by Gasteiger charge is -2.52. The van der Waals surface area contributed by atoms with Gasteiger partial charge in [-0.15, -0.1) is 0 Å². The van der Waals surface area contributed by atoms with Crippen molar-refractivity contribution in [3.8, 4) is 11.5 Å². The van der Waals surface area contributed by atoms with E-state index in [-0.39, 0.29) is 10.8 Å². The Bertz CT molecular complexity index is 669. The van der Waals surface area contributed by atoms with Gasteiger partial charge in [0.1, 0.15) is 0 Å². The maximum Gasteiger partial charge on any atom is 0.165 e. The van der Waals surface area contributed by atoms with Gasteiger partial charge in [-0.05, 0) is 42.1 Å². The predicted molar refractivity (Wildman–Crippen MR) is 100 cm³/mol. The highest BCUT2D eigenvalue weighted by Gasteiger charge is 2.50. The summed E-state index contributed by atoms with van der Waals surface area (Å²) in [5, 5.41) is 0. The highest BCUT2D eigenvalue weighted by atomic mass is 16.5. The van der Waals surface area contributed by atoms with E-state index in [2.05, 4.69) is 52.8 Å². The molecule has 0 radical (unpaired) electrons. The van der Waals surface area contributed by atoms with Crippen molar-refractivity contribution in [2.24, 2.45) is 11.3 Å². The van der Waals surface area contributed by atoms with Crippen LogP contribution in [0.4, 0.5) is 0 Å². The Hall–Kier alpha value is -1.44. The third kappa shape index (κ3) is 2.37. The minimum atomic E-state index is 0.111. The Morgan fingerprint density at radius 2 is 1.75 bits per heavy atom. The van der Waals surface area contributed by atoms with E-state index in [0.29, 0.717) is 11.8 Å². The van der Waals surface area contributed by atoms with Gasteiger partial charge in [0.15, 0.2) is 11.5 Å². The van der Waals surface area contributed by atoms with Crippen molar-refractivity contribution in [2.75, 3.05) is 14.2 Å². The summed E-state index contributed by atoms with van der Waals surface area (Å²) >= 11 is 0. The molecule has 0 saturated heterocycles. The summed E-state index contributed by atoms with van der Waals surface area (Å²) in [6.45, 7) is 11.6. The maximum absolute atomic E-state index is 5.96. The molecular formula is C22H32O2. The van der Waals surface area contributed by atoms with E-state index in [1.807, 2.05) is 0 Å². The molecule has 3 rings (SSSR count). The Balaban J connectivity index is 2.29. The fraction of sp³-hybridized carbons (Fsp3) is 0.636. The van der Waals surface area contributed by atoms with Crippen molar-refractivity contribution in [2.45, 2.75) is 65.2 Å². The first kappa shape index (κ1) is 17.4. The van der Waals surface area contributed by atoms with Crippen LogP contribution in [0.25, 0.3) is 0 Å². The van der Waals surface area contributed by atoms with E-state index < -0.39 is 0 Å². The third-order valence-corrected chi connectivity index (χ3v) is 6.41. The van der Waals surface area contributed by atoms with Crippen LogP contribution in [-0.2, 0) is 11.8 Å². The molecule has 2 nitrogen and oxygen atoms in total. The molecule has 1 aromatic rings. The van der Waals surface area contributed by atoms with E-state index in [1.54, 1.807) is 14.2 Å². The van der Waals surface area contributed by atoms with Crippen LogP contribution >= 0.6 is 0 Å². The molecule has 2 aliphatic carbocycles. The van der Waals surface area contributed by atoms with Gasteiger partial charge in [-0.1, -0.05) is 52.8 Å². The fourth-order valence-corrected chi connectivity index (χ4v) is 5.33. The van der Waals surface area contributed by atoms with Crippen LogP contribution in [0.5, 0.6) is 11.5 Å². The van der Waals surface area contributed by atoms with Gasteiger partial charge in [0.2, 0.25) is 0 Å². The zero-order valence-corrected chi connectivity index (χ0v) is 16.3. The summed E-state index contributed by atoms with van der Waals surface area (Å²) in [5.74, 6) is 2.95. The lowest BCUT2D eigenvalue weighted by Crippen LogP contribution is -2.46. The summed E-state index contributed by atoms with van der Waals surface area (Å²) in [6.07, 6.45) is 8.24. The first-order valence-corrected chi connectivity index (χ1v) is 9.22. The molecule has 0 aromatic heterocycles. The predicted octanol–water partition coefficient (Wildman–Crippen LogP) is 5.63. The smallest absolute Gasteiger partial charge is 0.165 e. The maximum atomic E-state index is 5.96. The normalized spacial score (nSPS) is 27.6. The second kappa shape index (κ2) is 5.82. The Morgan fingerprint density at radius 3 is 2.33 bits per heavy atom. The molecule has 1 aromatic carbocycles. The van der Waals surface area contributed by atoms with Gasteiger partial charge in [-0.25, -0.2) is 0 Å². The van der Waals surface area contributed by atoms with E-state index in [4.69, 9.17) is 9.47 Å². The summed E-state index contributed by atoms with van der Waals surface area (Å²) < 4.78 is 11.8. The number of methoxy groups -OCH3 is 2. The van der Waals surface area contributed by atoms with Crippen molar-refractivity contribution >= 4 is 0 Å². The van der Waals surface area contributed by atoms with Crippen molar-refractivity contribution in [3.05, 3.63) is 34.9 Å². The highest BCUT2D eigenvalue weighted by Crippen LogP contribution is 2.58. The largest absolute Gasteiger partial charge is 0.493 e. The topological polar surface area (TPSA) is 18.5 Å². The van der Waals surface area contributed by atoms with Gasteiger partial charge < -0.3 is 9.47 Å². The van der Waals surface area contributed by atoms with E-state index in [9.17, 15) is 0 Å². The summed E-state index contributed by atoms with van der Waals surface area (Å²) in [4.78, 5) is 0. The summed E-state index contributed by atoms with van der Waals surface area (Å²) in [7, 11) is 3.56. The minimum absolute atomic E-state index is 0.111. The number of fused-ring (bicyclic) bond motifs is 3. The lowest BCUT2D eigenvalue weighted by atomic mass is 9.52. The van der Waals surface area contributed by atoms with Crippen molar-refractivity contribution in [3.63, 3.8) is 0 Å². The molecule has 1 unspecified atom stereocenters. The average Bonchev–Trinajstić information content (AvgIpc) is 2.51. The molecule has 2 aliphatic rings. The molecule has 132 valence electrons. The first-order chi connectivity index (χ1) is 11.3. The molecule has 24 heavy (non-hydrogen) atoms. The summed E-state index contributed by atoms with van der Waals surface area (Å²) in [6, 6.07) is 2.38. The number of hydrogen-bond donors (Lipinski definition) is 0.